The van der Waals surface area contributed by atoms with E-state index in [4.69, 9.17) is 21.3 Å². The number of hydrogen-bond acceptors (Lipinski definition) is 6. The van der Waals surface area contributed by atoms with Gasteiger partial charge in [0.2, 0.25) is 0 Å². The fourth-order valence-electron chi connectivity index (χ4n) is 5.12. The van der Waals surface area contributed by atoms with Crippen LogP contribution in [-0.4, -0.2) is 53.1 Å². The molecule has 0 saturated carbocycles. The van der Waals surface area contributed by atoms with Crippen molar-refractivity contribution in [3.63, 3.8) is 0 Å². The van der Waals surface area contributed by atoms with Gasteiger partial charge in [0.15, 0.2) is 0 Å². The molecule has 5 rings (SSSR count). The quantitative estimate of drug-likeness (QED) is 0.220. The van der Waals surface area contributed by atoms with E-state index in [2.05, 4.69) is 5.32 Å². The molecule has 0 radical (unpaired) electrons. The molecule has 0 bridgehead atoms. The molecular weight excluding hydrogens is 594 g/mol. The Morgan fingerprint density at radius 2 is 1.84 bits per heavy atom. The van der Waals surface area contributed by atoms with Crippen LogP contribution in [0.3, 0.4) is 0 Å². The van der Waals surface area contributed by atoms with Crippen molar-refractivity contribution in [3.8, 4) is 33.3 Å². The Bertz CT molecular complexity index is 1660. The minimum atomic E-state index is -2.57. The van der Waals surface area contributed by atoms with Crippen LogP contribution in [0.4, 0.5) is 8.78 Å². The molecule has 11 heteroatoms. The van der Waals surface area contributed by atoms with Crippen molar-refractivity contribution in [2.45, 2.75) is 33.6 Å². The molecule has 0 unspecified atom stereocenters. The Balaban J connectivity index is 1.73. The van der Waals surface area contributed by atoms with E-state index in [1.807, 2.05) is 20.8 Å². The van der Waals surface area contributed by atoms with Crippen molar-refractivity contribution in [1.82, 2.24) is 19.8 Å². The summed E-state index contributed by atoms with van der Waals surface area (Å²) in [7, 11) is 0. The minimum Gasteiger partial charge on any atom is -0.494 e. The maximum absolute atomic E-state index is 14.4. The lowest BCUT2D eigenvalue weighted by molar-refractivity contribution is 0.0733. The topological polar surface area (TPSA) is 76.5 Å². The van der Waals surface area contributed by atoms with E-state index < -0.39 is 6.43 Å². The second-order valence-electron chi connectivity index (χ2n) is 10.7. The number of pyridine rings is 1. The zero-order chi connectivity index (χ0) is 30.7. The number of benzene rings is 2. The van der Waals surface area contributed by atoms with Crippen molar-refractivity contribution in [2.24, 2.45) is 5.92 Å². The summed E-state index contributed by atoms with van der Waals surface area (Å²) in [6.07, 6.45) is -2.11. The summed E-state index contributed by atoms with van der Waals surface area (Å²) >= 11 is 7.98. The normalized spacial score (nSPS) is 13.6. The number of thiazole rings is 1. The van der Waals surface area contributed by atoms with Crippen molar-refractivity contribution in [1.29, 1.82) is 0 Å². The van der Waals surface area contributed by atoms with Crippen molar-refractivity contribution in [3.05, 3.63) is 86.1 Å². The van der Waals surface area contributed by atoms with Crippen LogP contribution < -0.4 is 15.6 Å². The molecule has 1 saturated heterocycles. The monoisotopic (exact) mass is 626 g/mol. The molecule has 7 nitrogen and oxygen atoms in total. The molecule has 1 N–H and O–H groups in total. The zero-order valence-electron chi connectivity index (χ0n) is 24.2. The number of nitrogens with one attached hydrogen (secondary N) is 1. The maximum Gasteiger partial charge on any atom is 0.265 e. The van der Waals surface area contributed by atoms with E-state index in [1.54, 1.807) is 46.7 Å². The summed E-state index contributed by atoms with van der Waals surface area (Å²) in [6, 6.07) is 12.7. The number of nitrogens with zero attached hydrogens (tertiary/aromatic N) is 3. The summed E-state index contributed by atoms with van der Waals surface area (Å²) in [5, 5.41) is 5.80. The molecule has 226 valence electrons. The van der Waals surface area contributed by atoms with E-state index >= 15 is 0 Å². The maximum atomic E-state index is 14.4. The average molecular weight is 627 g/mol. The second-order valence-corrected chi connectivity index (χ2v) is 12.0. The molecule has 2 aromatic heterocycles. The predicted molar refractivity (Wildman–Crippen MR) is 167 cm³/mol. The van der Waals surface area contributed by atoms with Gasteiger partial charge in [0.05, 0.1) is 34.1 Å². The molecular formula is C32H33ClF2N4O3S. The van der Waals surface area contributed by atoms with E-state index in [-0.39, 0.29) is 28.5 Å². The zero-order valence-corrected chi connectivity index (χ0v) is 25.8. The van der Waals surface area contributed by atoms with Crippen molar-refractivity contribution >= 4 is 28.8 Å². The number of ether oxygens (including phenoxy) is 1. The fourth-order valence-corrected chi connectivity index (χ4v) is 6.16. The van der Waals surface area contributed by atoms with Gasteiger partial charge in [-0.1, -0.05) is 49.7 Å². The van der Waals surface area contributed by atoms with E-state index in [9.17, 15) is 18.4 Å². The number of amides is 1. The van der Waals surface area contributed by atoms with Gasteiger partial charge in [-0.2, -0.15) is 0 Å². The Morgan fingerprint density at radius 3 is 2.49 bits per heavy atom. The molecule has 1 fully saturated rings. The number of carbonyl (C=O) groups excluding carboxylic acids is 1. The largest absolute Gasteiger partial charge is 0.494 e. The Hall–Kier alpha value is -3.60. The van der Waals surface area contributed by atoms with Gasteiger partial charge in [-0.3, -0.25) is 14.2 Å². The summed E-state index contributed by atoms with van der Waals surface area (Å²) in [5.41, 5.74) is 2.41. The number of halogens is 3. The van der Waals surface area contributed by atoms with Crippen LogP contribution in [0.15, 0.2) is 58.7 Å². The number of aromatic nitrogens is 2. The summed E-state index contributed by atoms with van der Waals surface area (Å²) < 4.78 is 33.5. The highest BCUT2D eigenvalue weighted by Gasteiger charge is 2.28. The lowest BCUT2D eigenvalue weighted by Gasteiger charge is -2.29. The first kappa shape index (κ1) is 30.8. The lowest BCUT2D eigenvalue weighted by Crippen LogP contribution is -2.47. The van der Waals surface area contributed by atoms with Gasteiger partial charge in [-0.25, -0.2) is 13.8 Å². The van der Waals surface area contributed by atoms with Crippen LogP contribution in [-0.2, 0) is 6.42 Å². The molecule has 2 aromatic carbocycles. The molecule has 0 aliphatic carbocycles. The summed E-state index contributed by atoms with van der Waals surface area (Å²) in [5.74, 6) is 0.514. The van der Waals surface area contributed by atoms with E-state index in [0.717, 1.165) is 0 Å². The SMILES string of the molecule is CCOc1ccc(Cl)c(-n2c(CC(C)C)c(C(=O)N3CCNCC3)cc(-c3nc(-c4ccc(C(F)F)cc4)cs3)c2=O)c1. The smallest absolute Gasteiger partial charge is 0.265 e. The van der Waals surface area contributed by atoms with Crippen LogP contribution in [0.2, 0.25) is 5.02 Å². The number of rotatable bonds is 9. The first-order valence-corrected chi connectivity index (χ1v) is 15.5. The molecule has 43 heavy (non-hydrogen) atoms. The standard InChI is InChI=1S/C32H33ClF2N4O3S/c1-4-42-22-9-10-25(33)28(16-22)39-27(15-19(2)3)23(31(40)38-13-11-36-12-14-38)17-24(32(39)41)30-37-26(18-43-30)20-5-7-21(8-6-20)29(34)35/h5-10,16-19,29,36H,4,11-15H2,1-3H3. The molecule has 4 aromatic rings. The lowest BCUT2D eigenvalue weighted by atomic mass is 9.99. The van der Waals surface area contributed by atoms with Crippen LogP contribution in [0, 0.1) is 5.92 Å². The Morgan fingerprint density at radius 1 is 1.12 bits per heavy atom. The number of alkyl halides is 2. The third-order valence-corrected chi connectivity index (χ3v) is 8.40. The van der Waals surface area contributed by atoms with Gasteiger partial charge in [0.25, 0.3) is 17.9 Å². The second kappa shape index (κ2) is 13.4. The Labute approximate surface area is 258 Å². The molecule has 0 spiro atoms. The molecule has 0 atom stereocenters. The minimum absolute atomic E-state index is 0.0786. The van der Waals surface area contributed by atoms with Crippen molar-refractivity contribution < 1.29 is 18.3 Å². The highest BCUT2D eigenvalue weighted by atomic mass is 35.5. The van der Waals surface area contributed by atoms with E-state index in [1.165, 1.54) is 28.0 Å². The van der Waals surface area contributed by atoms with Crippen LogP contribution >= 0.6 is 22.9 Å². The van der Waals surface area contributed by atoms with Gasteiger partial charge in [0, 0.05) is 54.4 Å². The first-order valence-electron chi connectivity index (χ1n) is 14.2. The number of carbonyl (C=O) groups is 1. The third kappa shape index (κ3) is 6.66. The number of hydrogen-bond donors (Lipinski definition) is 1. The molecule has 1 amide bonds. The van der Waals surface area contributed by atoms with Crippen LogP contribution in [0.25, 0.3) is 27.5 Å². The molecule has 1 aliphatic heterocycles. The Kier molecular flexibility index (Phi) is 9.59. The van der Waals surface area contributed by atoms with Gasteiger partial charge < -0.3 is 15.0 Å². The summed E-state index contributed by atoms with van der Waals surface area (Å²) in [6.45, 7) is 8.83. The predicted octanol–water partition coefficient (Wildman–Crippen LogP) is 6.86. The highest BCUT2D eigenvalue weighted by molar-refractivity contribution is 7.13. The van der Waals surface area contributed by atoms with Crippen LogP contribution in [0.5, 0.6) is 5.75 Å². The highest BCUT2D eigenvalue weighted by Crippen LogP contribution is 2.33. The van der Waals surface area contributed by atoms with Gasteiger partial charge in [-0.05, 0) is 37.5 Å². The first-order chi connectivity index (χ1) is 20.7. The molecule has 1 aliphatic rings. The van der Waals surface area contributed by atoms with Crippen molar-refractivity contribution in [2.75, 3.05) is 32.8 Å². The van der Waals surface area contributed by atoms with E-state index in [0.29, 0.717) is 83.2 Å². The third-order valence-electron chi connectivity index (χ3n) is 7.20. The summed E-state index contributed by atoms with van der Waals surface area (Å²) in [4.78, 5) is 35.0. The van der Waals surface area contributed by atoms with Gasteiger partial charge in [-0.15, -0.1) is 11.3 Å². The average Bonchev–Trinajstić information content (AvgIpc) is 3.49. The van der Waals surface area contributed by atoms with Crippen LogP contribution in [0.1, 0.15) is 48.8 Å². The van der Waals surface area contributed by atoms with Gasteiger partial charge in [0.1, 0.15) is 10.8 Å². The molecule has 3 heterocycles. The fraction of sp³-hybridized carbons (Fsp3) is 0.344. The van der Waals surface area contributed by atoms with Gasteiger partial charge >= 0.3 is 0 Å². The number of piperazine rings is 1.